The summed E-state index contributed by atoms with van der Waals surface area (Å²) < 4.78 is 17.2. The summed E-state index contributed by atoms with van der Waals surface area (Å²) in [5.41, 5.74) is 1.26. The number of nitrogens with one attached hydrogen (secondary N) is 2. The molecule has 0 saturated heterocycles. The van der Waals surface area contributed by atoms with E-state index in [0.717, 1.165) is 6.07 Å². The molecule has 2 amide bonds. The molecule has 4 rings (SSSR count). The lowest BCUT2D eigenvalue weighted by Crippen LogP contribution is -2.18. The molecule has 1 fully saturated rings. The van der Waals surface area contributed by atoms with Gasteiger partial charge in [0.05, 0.1) is 29.3 Å². The highest BCUT2D eigenvalue weighted by Gasteiger charge is 2.67. The number of hydrogen-bond donors (Lipinski definition) is 2. The number of ether oxygens (including phenoxy) is 1. The fraction of sp³-hybridized carbons (Fsp3) is 0.167. The van der Waals surface area contributed by atoms with Crippen molar-refractivity contribution >= 4 is 81.2 Å². The van der Waals surface area contributed by atoms with E-state index >= 15 is 0 Å². The minimum absolute atomic E-state index is 0.0767. The number of rotatable bonds is 6. The van der Waals surface area contributed by atoms with Gasteiger partial charge in [-0.1, -0.05) is 34.8 Å². The SMILES string of the molecule is COc1cc(F)ccc1NC(=O)c1cc(NC(=O)[C@H]2[C@H](c3cc(Cl)cc(Cl)c3)C2(Cl)Cl)ccc1Cl. The highest BCUT2D eigenvalue weighted by atomic mass is 35.5. The van der Waals surface area contributed by atoms with Gasteiger partial charge in [0.1, 0.15) is 15.9 Å². The normalized spacial score (nSPS) is 18.0. The van der Waals surface area contributed by atoms with Crippen LogP contribution in [0.15, 0.2) is 54.6 Å². The number of halogens is 6. The molecule has 0 bridgehead atoms. The molecule has 11 heteroatoms. The van der Waals surface area contributed by atoms with Gasteiger partial charge in [0.2, 0.25) is 5.91 Å². The number of hydrogen-bond acceptors (Lipinski definition) is 3. The number of carbonyl (C=O) groups excluding carboxylic acids is 2. The average molecular weight is 577 g/mol. The van der Waals surface area contributed by atoms with Crippen molar-refractivity contribution in [3.05, 3.63) is 86.6 Å². The van der Waals surface area contributed by atoms with Gasteiger partial charge in [-0.2, -0.15) is 0 Å². The second-order valence-electron chi connectivity index (χ2n) is 7.82. The van der Waals surface area contributed by atoms with Crippen LogP contribution in [0.5, 0.6) is 5.75 Å². The molecule has 0 radical (unpaired) electrons. The second kappa shape index (κ2) is 10.0. The first-order chi connectivity index (χ1) is 16.5. The van der Waals surface area contributed by atoms with Gasteiger partial charge < -0.3 is 15.4 Å². The number of anilines is 2. The molecular formula is C24H16Cl5FN2O3. The Hall–Kier alpha value is -2.22. The summed E-state index contributed by atoms with van der Waals surface area (Å²) >= 11 is 31.2. The summed E-state index contributed by atoms with van der Waals surface area (Å²) in [5, 5.41) is 6.27. The molecule has 1 aliphatic carbocycles. The maximum absolute atomic E-state index is 13.4. The molecule has 0 aliphatic heterocycles. The van der Waals surface area contributed by atoms with E-state index in [1.165, 1.54) is 37.4 Å². The average Bonchev–Trinajstić information content (AvgIpc) is 3.37. The Bertz CT molecular complexity index is 1310. The van der Waals surface area contributed by atoms with Crippen LogP contribution in [-0.2, 0) is 4.79 Å². The zero-order valence-electron chi connectivity index (χ0n) is 17.8. The summed E-state index contributed by atoms with van der Waals surface area (Å²) in [6.07, 6.45) is 0. The monoisotopic (exact) mass is 574 g/mol. The largest absolute Gasteiger partial charge is 0.494 e. The Labute approximate surface area is 225 Å². The third kappa shape index (κ3) is 5.47. The lowest BCUT2D eigenvalue weighted by molar-refractivity contribution is -0.117. The van der Waals surface area contributed by atoms with Gasteiger partial charge in [-0.15, -0.1) is 23.2 Å². The standard InChI is InChI=1S/C24H16Cl5FN2O3/c1-35-19-9-14(30)2-5-18(19)32-22(33)16-10-15(3-4-17(16)27)31-23(34)21-20(24(21,28)29)11-6-12(25)8-13(26)7-11/h2-10,20-21H,1H3,(H,31,34)(H,32,33)/t20-,21+/m0/s1. The summed E-state index contributed by atoms with van der Waals surface area (Å²) in [6.45, 7) is 0. The smallest absolute Gasteiger partial charge is 0.257 e. The Morgan fingerprint density at radius 1 is 0.943 bits per heavy atom. The number of alkyl halides is 2. The van der Waals surface area contributed by atoms with Crippen molar-refractivity contribution in [1.29, 1.82) is 0 Å². The molecule has 35 heavy (non-hydrogen) atoms. The molecule has 1 saturated carbocycles. The minimum atomic E-state index is -1.36. The topological polar surface area (TPSA) is 67.4 Å². The molecule has 2 N–H and O–H groups in total. The van der Waals surface area contributed by atoms with Crippen LogP contribution in [0.3, 0.4) is 0 Å². The third-order valence-corrected chi connectivity index (χ3v) is 7.18. The van der Waals surface area contributed by atoms with E-state index < -0.39 is 33.8 Å². The molecule has 0 aromatic heterocycles. The van der Waals surface area contributed by atoms with Gasteiger partial charge in [0.25, 0.3) is 5.91 Å². The first-order valence-electron chi connectivity index (χ1n) is 10.1. The summed E-state index contributed by atoms with van der Waals surface area (Å²) in [6, 6.07) is 13.0. The van der Waals surface area contributed by atoms with Crippen molar-refractivity contribution < 1.29 is 18.7 Å². The molecule has 182 valence electrons. The molecule has 0 heterocycles. The van der Waals surface area contributed by atoms with Crippen LogP contribution in [0.1, 0.15) is 21.8 Å². The van der Waals surface area contributed by atoms with Crippen molar-refractivity contribution in [2.45, 2.75) is 10.3 Å². The number of amides is 2. The van der Waals surface area contributed by atoms with Crippen LogP contribution in [0, 0.1) is 11.7 Å². The molecule has 3 aromatic carbocycles. The second-order valence-corrected chi connectivity index (χ2v) is 10.5. The van der Waals surface area contributed by atoms with Gasteiger partial charge in [-0.3, -0.25) is 9.59 Å². The van der Waals surface area contributed by atoms with Gasteiger partial charge in [-0.25, -0.2) is 4.39 Å². The molecule has 5 nitrogen and oxygen atoms in total. The van der Waals surface area contributed by atoms with Crippen LogP contribution in [0.2, 0.25) is 15.1 Å². The van der Waals surface area contributed by atoms with Crippen molar-refractivity contribution in [3.8, 4) is 5.75 Å². The maximum Gasteiger partial charge on any atom is 0.257 e. The van der Waals surface area contributed by atoms with Gasteiger partial charge in [-0.05, 0) is 54.1 Å². The first-order valence-corrected chi connectivity index (χ1v) is 12.0. The zero-order chi connectivity index (χ0) is 25.5. The van der Waals surface area contributed by atoms with E-state index in [1.54, 1.807) is 18.2 Å². The van der Waals surface area contributed by atoms with E-state index in [0.29, 0.717) is 21.3 Å². The number of benzene rings is 3. The maximum atomic E-state index is 13.4. The van der Waals surface area contributed by atoms with Gasteiger partial charge >= 0.3 is 0 Å². The lowest BCUT2D eigenvalue weighted by atomic mass is 10.1. The van der Waals surface area contributed by atoms with Crippen LogP contribution in [0.25, 0.3) is 0 Å². The van der Waals surface area contributed by atoms with E-state index in [4.69, 9.17) is 62.7 Å². The van der Waals surface area contributed by atoms with E-state index in [-0.39, 0.29) is 22.0 Å². The fourth-order valence-electron chi connectivity index (χ4n) is 3.78. The Kier molecular flexibility index (Phi) is 7.41. The summed E-state index contributed by atoms with van der Waals surface area (Å²) in [7, 11) is 1.35. The molecule has 3 aromatic rings. The predicted molar refractivity (Wildman–Crippen MR) is 138 cm³/mol. The van der Waals surface area contributed by atoms with Crippen LogP contribution in [-0.4, -0.2) is 23.3 Å². The highest BCUT2D eigenvalue weighted by molar-refractivity contribution is 6.53. The Morgan fingerprint density at radius 2 is 1.63 bits per heavy atom. The van der Waals surface area contributed by atoms with E-state index in [2.05, 4.69) is 10.6 Å². The Morgan fingerprint density at radius 3 is 2.29 bits per heavy atom. The summed E-state index contributed by atoms with van der Waals surface area (Å²) in [5.74, 6) is -2.72. The quantitative estimate of drug-likeness (QED) is 0.298. The molecular weight excluding hydrogens is 561 g/mol. The fourth-order valence-corrected chi connectivity index (χ4v) is 5.35. The lowest BCUT2D eigenvalue weighted by Gasteiger charge is -2.12. The third-order valence-electron chi connectivity index (χ3n) is 5.47. The van der Waals surface area contributed by atoms with Gasteiger partial charge in [0, 0.05) is 27.7 Å². The Balaban J connectivity index is 1.52. The molecule has 0 spiro atoms. The molecule has 1 aliphatic rings. The molecule has 0 unspecified atom stereocenters. The van der Waals surface area contributed by atoms with E-state index in [9.17, 15) is 14.0 Å². The highest BCUT2D eigenvalue weighted by Crippen LogP contribution is 2.65. The first kappa shape index (κ1) is 25.9. The van der Waals surface area contributed by atoms with Crippen LogP contribution < -0.4 is 15.4 Å². The van der Waals surface area contributed by atoms with Gasteiger partial charge in [0.15, 0.2) is 0 Å². The van der Waals surface area contributed by atoms with Crippen LogP contribution in [0.4, 0.5) is 15.8 Å². The van der Waals surface area contributed by atoms with Crippen molar-refractivity contribution in [3.63, 3.8) is 0 Å². The number of methoxy groups -OCH3 is 1. The minimum Gasteiger partial charge on any atom is -0.494 e. The van der Waals surface area contributed by atoms with Crippen molar-refractivity contribution in [2.24, 2.45) is 5.92 Å². The van der Waals surface area contributed by atoms with Crippen LogP contribution >= 0.6 is 58.0 Å². The number of carbonyl (C=O) groups is 2. The van der Waals surface area contributed by atoms with E-state index in [1.807, 2.05) is 0 Å². The van der Waals surface area contributed by atoms with Crippen molar-refractivity contribution in [1.82, 2.24) is 0 Å². The van der Waals surface area contributed by atoms with Crippen molar-refractivity contribution in [2.75, 3.05) is 17.7 Å². The zero-order valence-corrected chi connectivity index (χ0v) is 21.6. The predicted octanol–water partition coefficient (Wildman–Crippen LogP) is 7.57. The molecule has 2 atom stereocenters. The summed E-state index contributed by atoms with van der Waals surface area (Å²) in [4.78, 5) is 25.8.